The van der Waals surface area contributed by atoms with E-state index in [0.29, 0.717) is 5.82 Å². The second-order valence-electron chi connectivity index (χ2n) is 4.66. The van der Waals surface area contributed by atoms with Crippen LogP contribution in [0.25, 0.3) is 0 Å². The topological polar surface area (TPSA) is 50.9 Å². The van der Waals surface area contributed by atoms with Crippen LogP contribution in [0.3, 0.4) is 0 Å². The number of aromatic nitrogens is 3. The summed E-state index contributed by atoms with van der Waals surface area (Å²) in [6, 6.07) is 10.4. The first-order valence-corrected chi connectivity index (χ1v) is 6.89. The van der Waals surface area contributed by atoms with Gasteiger partial charge in [0.25, 0.3) is 0 Å². The average Bonchev–Trinajstić information content (AvgIpc) is 2.85. The van der Waals surface area contributed by atoms with Gasteiger partial charge in [-0.25, -0.2) is 0 Å². The summed E-state index contributed by atoms with van der Waals surface area (Å²) in [4.78, 5) is 0. The number of aliphatic hydroxyl groups excluding tert-OH is 1. The molecule has 2 aromatic rings. The lowest BCUT2D eigenvalue weighted by molar-refractivity contribution is 0.263. The minimum absolute atomic E-state index is 0.0573. The van der Waals surface area contributed by atoms with Crippen molar-refractivity contribution < 1.29 is 5.11 Å². The molecule has 4 heteroatoms. The van der Waals surface area contributed by atoms with E-state index < -0.39 is 0 Å². The molecule has 2 rings (SSSR count). The largest absolute Gasteiger partial charge is 0.388 e. The van der Waals surface area contributed by atoms with Gasteiger partial charge >= 0.3 is 0 Å². The van der Waals surface area contributed by atoms with Gasteiger partial charge in [-0.15, -0.1) is 10.2 Å². The van der Waals surface area contributed by atoms with E-state index in [4.69, 9.17) is 0 Å². The maximum atomic E-state index is 9.36. The van der Waals surface area contributed by atoms with E-state index in [9.17, 15) is 5.11 Å². The van der Waals surface area contributed by atoms with E-state index in [0.717, 1.165) is 25.2 Å². The van der Waals surface area contributed by atoms with Crippen LogP contribution < -0.4 is 0 Å². The first-order chi connectivity index (χ1) is 9.31. The van der Waals surface area contributed by atoms with Crippen LogP contribution in [0, 0.1) is 0 Å². The Morgan fingerprint density at radius 1 is 1.16 bits per heavy atom. The Kier molecular flexibility index (Phi) is 4.68. The lowest BCUT2D eigenvalue weighted by Crippen LogP contribution is -2.12. The summed E-state index contributed by atoms with van der Waals surface area (Å²) in [6.07, 6.45) is 1.97. The highest BCUT2D eigenvalue weighted by atomic mass is 16.3. The molecule has 0 saturated carbocycles. The smallest absolute Gasteiger partial charge is 0.158 e. The van der Waals surface area contributed by atoms with E-state index >= 15 is 0 Å². The summed E-state index contributed by atoms with van der Waals surface area (Å²) in [5.41, 5.74) is 1.25. The van der Waals surface area contributed by atoms with Crippen LogP contribution >= 0.6 is 0 Å². The van der Waals surface area contributed by atoms with E-state index in [1.54, 1.807) is 0 Å². The first-order valence-electron chi connectivity index (χ1n) is 6.89. The standard InChI is InChI=1S/C15H21N3O/c1-3-10-18-14(11-19)16-17-15(18)13(4-2)12-8-6-5-7-9-12/h5-9,13,19H,3-4,10-11H2,1-2H3. The van der Waals surface area contributed by atoms with Crippen LogP contribution in [-0.4, -0.2) is 19.9 Å². The summed E-state index contributed by atoms with van der Waals surface area (Å²) in [7, 11) is 0. The minimum Gasteiger partial charge on any atom is -0.388 e. The molecule has 1 aromatic carbocycles. The van der Waals surface area contributed by atoms with Gasteiger partial charge in [0.1, 0.15) is 12.4 Å². The number of nitrogens with zero attached hydrogens (tertiary/aromatic N) is 3. The molecule has 1 unspecified atom stereocenters. The first kappa shape index (κ1) is 13.7. The van der Waals surface area contributed by atoms with Crippen molar-refractivity contribution in [3.8, 4) is 0 Å². The fourth-order valence-corrected chi connectivity index (χ4v) is 2.44. The van der Waals surface area contributed by atoms with Crippen LogP contribution in [-0.2, 0) is 13.2 Å². The second kappa shape index (κ2) is 6.48. The molecule has 102 valence electrons. The van der Waals surface area contributed by atoms with Crippen molar-refractivity contribution in [2.75, 3.05) is 0 Å². The third-order valence-electron chi connectivity index (χ3n) is 3.37. The predicted octanol–water partition coefficient (Wildman–Crippen LogP) is 2.72. The Labute approximate surface area is 114 Å². The number of hydrogen-bond donors (Lipinski definition) is 1. The summed E-state index contributed by atoms with van der Waals surface area (Å²) in [5, 5.41) is 17.8. The van der Waals surface area contributed by atoms with E-state index in [2.05, 4.69) is 40.7 Å². The summed E-state index contributed by atoms with van der Waals surface area (Å²) < 4.78 is 2.06. The molecule has 1 aromatic heterocycles. The highest BCUT2D eigenvalue weighted by Gasteiger charge is 2.20. The zero-order valence-electron chi connectivity index (χ0n) is 11.6. The molecule has 0 spiro atoms. The van der Waals surface area contributed by atoms with Crippen molar-refractivity contribution in [3.63, 3.8) is 0 Å². The molecule has 0 saturated heterocycles. The normalized spacial score (nSPS) is 12.6. The van der Waals surface area contributed by atoms with Gasteiger partial charge in [-0.05, 0) is 18.4 Å². The summed E-state index contributed by atoms with van der Waals surface area (Å²) in [6.45, 7) is 5.06. The Hall–Kier alpha value is -1.68. The monoisotopic (exact) mass is 259 g/mol. The molecule has 0 aliphatic rings. The molecule has 0 amide bonds. The summed E-state index contributed by atoms with van der Waals surface area (Å²) in [5.74, 6) is 1.85. The molecule has 19 heavy (non-hydrogen) atoms. The molecular formula is C15H21N3O. The van der Waals surface area contributed by atoms with Crippen molar-refractivity contribution in [1.82, 2.24) is 14.8 Å². The fourth-order valence-electron chi connectivity index (χ4n) is 2.44. The maximum Gasteiger partial charge on any atom is 0.158 e. The van der Waals surface area contributed by atoms with Crippen molar-refractivity contribution >= 4 is 0 Å². The van der Waals surface area contributed by atoms with Crippen LogP contribution in [0.4, 0.5) is 0 Å². The van der Waals surface area contributed by atoms with Crippen LogP contribution in [0.1, 0.15) is 49.8 Å². The molecule has 1 atom stereocenters. The lowest BCUT2D eigenvalue weighted by atomic mass is 9.95. The second-order valence-corrected chi connectivity index (χ2v) is 4.66. The molecule has 1 heterocycles. The van der Waals surface area contributed by atoms with Crippen molar-refractivity contribution in [2.24, 2.45) is 0 Å². The Bertz CT molecular complexity index is 507. The van der Waals surface area contributed by atoms with Gasteiger partial charge in [0.05, 0.1) is 0 Å². The lowest BCUT2D eigenvalue weighted by Gasteiger charge is -2.16. The van der Waals surface area contributed by atoms with Crippen LogP contribution in [0.15, 0.2) is 30.3 Å². The third-order valence-corrected chi connectivity index (χ3v) is 3.37. The maximum absolute atomic E-state index is 9.36. The molecule has 1 N–H and O–H groups in total. The van der Waals surface area contributed by atoms with Crippen molar-refractivity contribution in [3.05, 3.63) is 47.5 Å². The zero-order valence-corrected chi connectivity index (χ0v) is 11.6. The predicted molar refractivity (Wildman–Crippen MR) is 74.8 cm³/mol. The van der Waals surface area contributed by atoms with Gasteiger partial charge in [0.2, 0.25) is 0 Å². The number of rotatable bonds is 6. The van der Waals surface area contributed by atoms with Gasteiger partial charge in [0, 0.05) is 12.5 Å². The quantitative estimate of drug-likeness (QED) is 0.867. The van der Waals surface area contributed by atoms with Gasteiger partial charge in [-0.1, -0.05) is 44.2 Å². The molecule has 0 fully saturated rings. The fraction of sp³-hybridized carbons (Fsp3) is 0.467. The zero-order chi connectivity index (χ0) is 13.7. The van der Waals surface area contributed by atoms with Crippen molar-refractivity contribution in [2.45, 2.75) is 45.8 Å². The molecule has 0 bridgehead atoms. The molecule has 0 aliphatic heterocycles. The third kappa shape index (κ3) is 2.84. The Morgan fingerprint density at radius 2 is 1.89 bits per heavy atom. The van der Waals surface area contributed by atoms with E-state index in [1.807, 2.05) is 18.2 Å². The molecule has 4 nitrogen and oxygen atoms in total. The Balaban J connectivity index is 2.41. The SMILES string of the molecule is CCCn1c(CO)nnc1C(CC)c1ccccc1. The molecule has 0 radical (unpaired) electrons. The van der Waals surface area contributed by atoms with E-state index in [1.165, 1.54) is 5.56 Å². The van der Waals surface area contributed by atoms with E-state index in [-0.39, 0.29) is 12.5 Å². The molecule has 0 aliphatic carbocycles. The average molecular weight is 259 g/mol. The number of hydrogen-bond acceptors (Lipinski definition) is 3. The highest BCUT2D eigenvalue weighted by Crippen LogP contribution is 2.27. The molecular weight excluding hydrogens is 238 g/mol. The van der Waals surface area contributed by atoms with Gasteiger partial charge < -0.3 is 9.67 Å². The van der Waals surface area contributed by atoms with Gasteiger partial charge in [-0.2, -0.15) is 0 Å². The van der Waals surface area contributed by atoms with Crippen LogP contribution in [0.2, 0.25) is 0 Å². The minimum atomic E-state index is -0.0573. The highest BCUT2D eigenvalue weighted by molar-refractivity contribution is 5.25. The Morgan fingerprint density at radius 3 is 2.47 bits per heavy atom. The van der Waals surface area contributed by atoms with Crippen molar-refractivity contribution in [1.29, 1.82) is 0 Å². The van der Waals surface area contributed by atoms with Gasteiger partial charge in [-0.3, -0.25) is 0 Å². The number of aliphatic hydroxyl groups is 1. The summed E-state index contributed by atoms with van der Waals surface area (Å²) >= 11 is 0. The number of benzene rings is 1. The van der Waals surface area contributed by atoms with Gasteiger partial charge in [0.15, 0.2) is 5.82 Å². The van der Waals surface area contributed by atoms with Crippen LogP contribution in [0.5, 0.6) is 0 Å².